The van der Waals surface area contributed by atoms with E-state index in [1.165, 1.54) is 12.4 Å². The third-order valence-electron chi connectivity index (χ3n) is 4.32. The Balaban J connectivity index is 1.65. The van der Waals surface area contributed by atoms with Crippen LogP contribution in [0.4, 0.5) is 11.6 Å². The number of carbonyl (C=O) groups excluding carboxylic acids is 1. The summed E-state index contributed by atoms with van der Waals surface area (Å²) in [4.78, 5) is 22.4. The van der Waals surface area contributed by atoms with E-state index in [4.69, 9.17) is 4.74 Å². The van der Waals surface area contributed by atoms with Gasteiger partial charge >= 0.3 is 0 Å². The Bertz CT molecular complexity index is 882. The molecule has 2 heterocycles. The van der Waals surface area contributed by atoms with Crippen LogP contribution in [0.2, 0.25) is 0 Å². The summed E-state index contributed by atoms with van der Waals surface area (Å²) in [6.45, 7) is 0. The molecule has 0 bridgehead atoms. The fourth-order valence-corrected chi connectivity index (χ4v) is 4.52. The molecular weight excluding hydrogens is 356 g/mol. The maximum Gasteiger partial charge on any atom is 0.258 e. The second kappa shape index (κ2) is 7.28. The Morgan fingerprint density at radius 2 is 1.88 bits per heavy atom. The van der Waals surface area contributed by atoms with Crippen molar-refractivity contribution in [1.29, 1.82) is 0 Å². The van der Waals surface area contributed by atoms with E-state index < -0.39 is 9.84 Å². The quantitative estimate of drug-likeness (QED) is 0.841. The molecule has 1 aromatic carbocycles. The molecule has 1 aliphatic rings. The number of nitrogens with zero attached hydrogens (tertiary/aromatic N) is 3. The second-order valence-corrected chi connectivity index (χ2v) is 8.35. The van der Waals surface area contributed by atoms with Crippen LogP contribution in [-0.4, -0.2) is 56.0 Å². The van der Waals surface area contributed by atoms with E-state index in [0.717, 1.165) is 0 Å². The van der Waals surface area contributed by atoms with Gasteiger partial charge in [-0.05, 0) is 30.7 Å². The summed E-state index contributed by atoms with van der Waals surface area (Å²) in [7, 11) is 0.356. The van der Waals surface area contributed by atoms with E-state index in [0.29, 0.717) is 29.4 Å². The molecular formula is C17H20N4O4S. The summed E-state index contributed by atoms with van der Waals surface area (Å²) in [5.74, 6) is 1.06. The van der Waals surface area contributed by atoms with Crippen LogP contribution >= 0.6 is 0 Å². The van der Waals surface area contributed by atoms with Gasteiger partial charge < -0.3 is 15.0 Å². The summed E-state index contributed by atoms with van der Waals surface area (Å²) in [6.07, 6.45) is 3.42. The van der Waals surface area contributed by atoms with Gasteiger partial charge in [0.25, 0.3) is 5.91 Å². The molecule has 0 spiro atoms. The van der Waals surface area contributed by atoms with Crippen LogP contribution in [0.5, 0.6) is 5.75 Å². The number of amides is 1. The molecule has 26 heavy (non-hydrogen) atoms. The SMILES string of the molecule is COc1ccc(NC(=O)c2cnc(N(C)C3CCS(=O)(=O)C3)nc2)cc1. The third-order valence-corrected chi connectivity index (χ3v) is 6.07. The number of ether oxygens (including phenoxy) is 1. The number of hydrogen-bond acceptors (Lipinski definition) is 7. The smallest absolute Gasteiger partial charge is 0.258 e. The minimum atomic E-state index is -2.98. The Kier molecular flexibility index (Phi) is 5.08. The lowest BCUT2D eigenvalue weighted by atomic mass is 10.2. The van der Waals surface area contributed by atoms with Crippen LogP contribution in [0, 0.1) is 0 Å². The van der Waals surface area contributed by atoms with Gasteiger partial charge in [0.2, 0.25) is 5.95 Å². The molecule has 0 radical (unpaired) electrons. The van der Waals surface area contributed by atoms with Gasteiger partial charge in [-0.15, -0.1) is 0 Å². The first-order valence-electron chi connectivity index (χ1n) is 8.09. The Hall–Kier alpha value is -2.68. The van der Waals surface area contributed by atoms with Gasteiger partial charge in [-0.2, -0.15) is 0 Å². The largest absolute Gasteiger partial charge is 0.497 e. The maximum atomic E-state index is 12.3. The lowest BCUT2D eigenvalue weighted by molar-refractivity contribution is 0.102. The number of methoxy groups -OCH3 is 1. The van der Waals surface area contributed by atoms with Gasteiger partial charge in [0.15, 0.2) is 9.84 Å². The standard InChI is InChI=1S/C17H20N4O4S/c1-21(14-7-8-26(23,24)11-14)17-18-9-12(10-19-17)16(22)20-13-3-5-15(25-2)6-4-13/h3-6,9-10,14H,7-8,11H2,1-2H3,(H,20,22). The summed E-state index contributed by atoms with van der Waals surface area (Å²) in [6, 6.07) is 6.83. The monoisotopic (exact) mass is 376 g/mol. The summed E-state index contributed by atoms with van der Waals surface area (Å²) < 4.78 is 28.3. The first-order valence-corrected chi connectivity index (χ1v) is 9.91. The van der Waals surface area contributed by atoms with Crippen LogP contribution in [0.3, 0.4) is 0 Å². The van der Waals surface area contributed by atoms with Gasteiger partial charge in [0.1, 0.15) is 5.75 Å². The summed E-state index contributed by atoms with van der Waals surface area (Å²) >= 11 is 0. The van der Waals surface area contributed by atoms with Crippen LogP contribution in [0.25, 0.3) is 0 Å². The molecule has 3 rings (SSSR count). The van der Waals surface area contributed by atoms with Crippen molar-refractivity contribution >= 4 is 27.4 Å². The molecule has 1 saturated heterocycles. The van der Waals surface area contributed by atoms with Gasteiger partial charge in [0, 0.05) is 31.2 Å². The molecule has 1 amide bonds. The molecule has 1 unspecified atom stereocenters. The lowest BCUT2D eigenvalue weighted by Crippen LogP contribution is -2.34. The van der Waals surface area contributed by atoms with Gasteiger partial charge in [-0.3, -0.25) is 4.79 Å². The minimum absolute atomic E-state index is 0.104. The topological polar surface area (TPSA) is 101 Å². The highest BCUT2D eigenvalue weighted by molar-refractivity contribution is 7.91. The molecule has 1 aromatic heterocycles. The molecule has 1 aliphatic heterocycles. The van der Waals surface area contributed by atoms with E-state index in [9.17, 15) is 13.2 Å². The van der Waals surface area contributed by atoms with Crippen molar-refractivity contribution in [2.45, 2.75) is 12.5 Å². The average molecular weight is 376 g/mol. The number of aromatic nitrogens is 2. The van der Waals surface area contributed by atoms with Crippen molar-refractivity contribution in [3.05, 3.63) is 42.2 Å². The van der Waals surface area contributed by atoms with E-state index in [2.05, 4.69) is 15.3 Å². The van der Waals surface area contributed by atoms with Crippen LogP contribution in [0.1, 0.15) is 16.8 Å². The van der Waals surface area contributed by atoms with Crippen molar-refractivity contribution in [2.75, 3.05) is 35.9 Å². The second-order valence-electron chi connectivity index (χ2n) is 6.12. The molecule has 0 saturated carbocycles. The highest BCUT2D eigenvalue weighted by atomic mass is 32.2. The predicted molar refractivity (Wildman–Crippen MR) is 98.4 cm³/mol. The maximum absolute atomic E-state index is 12.3. The van der Waals surface area contributed by atoms with E-state index in [-0.39, 0.29) is 23.5 Å². The molecule has 8 nitrogen and oxygen atoms in total. The van der Waals surface area contributed by atoms with Crippen molar-refractivity contribution in [2.24, 2.45) is 0 Å². The predicted octanol–water partition coefficient (Wildman–Crippen LogP) is 1.36. The number of sulfone groups is 1. The Labute approximate surface area is 152 Å². The van der Waals surface area contributed by atoms with E-state index in [1.807, 2.05) is 0 Å². The lowest BCUT2D eigenvalue weighted by Gasteiger charge is -2.23. The molecule has 1 atom stereocenters. The van der Waals surface area contributed by atoms with Crippen molar-refractivity contribution in [1.82, 2.24) is 9.97 Å². The molecule has 1 fully saturated rings. The van der Waals surface area contributed by atoms with Crippen molar-refractivity contribution in [3.8, 4) is 5.75 Å². The highest BCUT2D eigenvalue weighted by Crippen LogP contribution is 2.20. The number of carbonyl (C=O) groups is 1. The first kappa shape index (κ1) is 18.1. The molecule has 1 N–H and O–H groups in total. The van der Waals surface area contributed by atoms with Crippen molar-refractivity contribution in [3.63, 3.8) is 0 Å². The number of nitrogens with one attached hydrogen (secondary N) is 1. The van der Waals surface area contributed by atoms with Crippen LogP contribution in [-0.2, 0) is 9.84 Å². The highest BCUT2D eigenvalue weighted by Gasteiger charge is 2.31. The van der Waals surface area contributed by atoms with E-state index >= 15 is 0 Å². The van der Waals surface area contributed by atoms with Gasteiger partial charge in [0.05, 0.1) is 24.2 Å². The molecule has 0 aliphatic carbocycles. The fourth-order valence-electron chi connectivity index (χ4n) is 2.74. The zero-order chi connectivity index (χ0) is 18.7. The molecule has 9 heteroatoms. The summed E-state index contributed by atoms with van der Waals surface area (Å²) in [5.41, 5.74) is 0.949. The molecule has 138 valence electrons. The third kappa shape index (κ3) is 4.10. The van der Waals surface area contributed by atoms with Gasteiger partial charge in [-0.1, -0.05) is 0 Å². The number of anilines is 2. The normalized spacial score (nSPS) is 18.3. The Morgan fingerprint density at radius 1 is 1.23 bits per heavy atom. The van der Waals surface area contributed by atoms with Crippen molar-refractivity contribution < 1.29 is 17.9 Å². The number of rotatable bonds is 5. The average Bonchev–Trinajstić information content (AvgIpc) is 3.01. The Morgan fingerprint density at radius 3 is 2.42 bits per heavy atom. The van der Waals surface area contributed by atoms with Gasteiger partial charge in [-0.25, -0.2) is 18.4 Å². The van der Waals surface area contributed by atoms with Crippen LogP contribution in [0.15, 0.2) is 36.7 Å². The molecule has 2 aromatic rings. The zero-order valence-electron chi connectivity index (χ0n) is 14.5. The zero-order valence-corrected chi connectivity index (χ0v) is 15.4. The number of benzene rings is 1. The van der Waals surface area contributed by atoms with E-state index in [1.54, 1.807) is 43.3 Å². The van der Waals surface area contributed by atoms with Crippen LogP contribution < -0.4 is 15.0 Å². The number of hydrogen-bond donors (Lipinski definition) is 1. The fraction of sp³-hybridized carbons (Fsp3) is 0.353. The minimum Gasteiger partial charge on any atom is -0.497 e. The first-order chi connectivity index (χ1) is 12.4. The summed E-state index contributed by atoms with van der Waals surface area (Å²) in [5, 5.41) is 2.76.